The topological polar surface area (TPSA) is 60.3 Å². The Kier molecular flexibility index (Phi) is 5.21. The highest BCUT2D eigenvalue weighted by Gasteiger charge is 2.30. The molecule has 1 amide bonds. The predicted molar refractivity (Wildman–Crippen MR) is 96.6 cm³/mol. The molecule has 0 spiro atoms. The van der Waals surface area contributed by atoms with Crippen LogP contribution in [0.1, 0.15) is 80.2 Å². The molecule has 1 heterocycles. The van der Waals surface area contributed by atoms with Crippen molar-refractivity contribution in [3.63, 3.8) is 0 Å². The standard InChI is InChI=1S/C20H30N2O3/c1-12-7-5-6-8-18(12)21-19(23)15(4)25-20(24)17-11-13(2)22(14(17)3)16-9-10-16/h11-12,15-16,18H,5-10H2,1-4H3,(H,21,23)/t12-,15-,18+/m0/s1. The fourth-order valence-electron chi connectivity index (χ4n) is 3.99. The number of amides is 1. The first kappa shape index (κ1) is 18.0. The normalized spacial score (nSPS) is 24.6. The molecule has 0 bridgehead atoms. The SMILES string of the molecule is Cc1cc(C(=O)O[C@@H](C)C(=O)N[C@@H]2CCCC[C@@H]2C)c(C)n1C1CC1. The average Bonchev–Trinajstić information content (AvgIpc) is 3.34. The van der Waals surface area contributed by atoms with E-state index in [1.165, 1.54) is 19.3 Å². The van der Waals surface area contributed by atoms with E-state index in [1.54, 1.807) is 6.92 Å². The summed E-state index contributed by atoms with van der Waals surface area (Å²) in [5, 5.41) is 3.06. The Balaban J connectivity index is 1.60. The maximum Gasteiger partial charge on any atom is 0.340 e. The van der Waals surface area contributed by atoms with E-state index in [9.17, 15) is 9.59 Å². The van der Waals surface area contributed by atoms with Crippen LogP contribution < -0.4 is 5.32 Å². The van der Waals surface area contributed by atoms with Crippen molar-refractivity contribution in [1.29, 1.82) is 0 Å². The molecule has 5 nitrogen and oxygen atoms in total. The summed E-state index contributed by atoms with van der Waals surface area (Å²) in [6, 6.07) is 2.60. The number of esters is 1. The summed E-state index contributed by atoms with van der Waals surface area (Å²) >= 11 is 0. The Morgan fingerprint density at radius 1 is 1.20 bits per heavy atom. The number of ether oxygens (including phenoxy) is 1. The van der Waals surface area contributed by atoms with Gasteiger partial charge in [0.1, 0.15) is 0 Å². The average molecular weight is 346 g/mol. The van der Waals surface area contributed by atoms with Crippen molar-refractivity contribution in [2.24, 2.45) is 5.92 Å². The Labute approximate surface area is 150 Å². The number of carbonyl (C=O) groups is 2. The molecule has 2 aliphatic carbocycles. The summed E-state index contributed by atoms with van der Waals surface area (Å²) in [6.07, 6.45) is 6.10. The zero-order valence-corrected chi connectivity index (χ0v) is 15.8. The summed E-state index contributed by atoms with van der Waals surface area (Å²) in [7, 11) is 0. The number of nitrogens with zero attached hydrogens (tertiary/aromatic N) is 1. The van der Waals surface area contributed by atoms with Crippen LogP contribution >= 0.6 is 0 Å². The summed E-state index contributed by atoms with van der Waals surface area (Å²) in [5.74, 6) is -0.111. The summed E-state index contributed by atoms with van der Waals surface area (Å²) in [6.45, 7) is 7.80. The van der Waals surface area contributed by atoms with Gasteiger partial charge in [-0.2, -0.15) is 0 Å². The lowest BCUT2D eigenvalue weighted by atomic mass is 9.86. The second-order valence-corrected chi connectivity index (χ2v) is 7.81. The number of aryl methyl sites for hydroxylation is 1. The van der Waals surface area contributed by atoms with Gasteiger partial charge in [-0.25, -0.2) is 4.79 Å². The molecule has 3 rings (SSSR count). The minimum absolute atomic E-state index is 0.192. The van der Waals surface area contributed by atoms with Gasteiger partial charge >= 0.3 is 5.97 Å². The van der Waals surface area contributed by atoms with Crippen LogP contribution in [0, 0.1) is 19.8 Å². The fourth-order valence-corrected chi connectivity index (χ4v) is 3.99. The van der Waals surface area contributed by atoms with Crippen LogP contribution in [0.2, 0.25) is 0 Å². The highest BCUT2D eigenvalue weighted by molar-refractivity contribution is 5.93. The molecule has 0 unspecified atom stereocenters. The van der Waals surface area contributed by atoms with Crippen molar-refractivity contribution in [3.8, 4) is 0 Å². The van der Waals surface area contributed by atoms with Crippen molar-refractivity contribution in [2.75, 3.05) is 0 Å². The summed E-state index contributed by atoms with van der Waals surface area (Å²) in [5.41, 5.74) is 2.61. The van der Waals surface area contributed by atoms with Gasteiger partial charge in [0.15, 0.2) is 6.10 Å². The van der Waals surface area contributed by atoms with Crippen molar-refractivity contribution in [3.05, 3.63) is 23.0 Å². The molecule has 138 valence electrons. The number of hydrogen-bond acceptors (Lipinski definition) is 3. The molecular weight excluding hydrogens is 316 g/mol. The smallest absolute Gasteiger partial charge is 0.340 e. The molecule has 0 aliphatic heterocycles. The van der Waals surface area contributed by atoms with Gasteiger partial charge in [-0.15, -0.1) is 0 Å². The Bertz CT molecular complexity index is 660. The number of nitrogens with one attached hydrogen (secondary N) is 1. The Morgan fingerprint density at radius 3 is 2.52 bits per heavy atom. The van der Waals surface area contributed by atoms with Crippen LogP contribution in [0.5, 0.6) is 0 Å². The lowest BCUT2D eigenvalue weighted by Gasteiger charge is -2.30. The molecule has 1 aromatic rings. The Hall–Kier alpha value is -1.78. The van der Waals surface area contributed by atoms with E-state index < -0.39 is 12.1 Å². The van der Waals surface area contributed by atoms with E-state index in [0.29, 0.717) is 17.5 Å². The molecule has 0 aromatic carbocycles. The number of rotatable bonds is 5. The van der Waals surface area contributed by atoms with Gasteiger partial charge in [-0.3, -0.25) is 4.79 Å². The minimum atomic E-state index is -0.773. The van der Waals surface area contributed by atoms with Gasteiger partial charge in [0.25, 0.3) is 5.91 Å². The van der Waals surface area contributed by atoms with Crippen LogP contribution in [0.15, 0.2) is 6.07 Å². The van der Waals surface area contributed by atoms with E-state index in [4.69, 9.17) is 4.74 Å². The van der Waals surface area contributed by atoms with Gasteiger partial charge in [0.2, 0.25) is 0 Å². The quantitative estimate of drug-likeness (QED) is 0.827. The van der Waals surface area contributed by atoms with Gasteiger partial charge in [-0.05, 0) is 58.4 Å². The van der Waals surface area contributed by atoms with Crippen molar-refractivity contribution < 1.29 is 14.3 Å². The third-order valence-electron chi connectivity index (χ3n) is 5.71. The van der Waals surface area contributed by atoms with Gasteiger partial charge in [0.05, 0.1) is 5.56 Å². The summed E-state index contributed by atoms with van der Waals surface area (Å²) in [4.78, 5) is 24.9. The van der Waals surface area contributed by atoms with Crippen molar-refractivity contribution in [2.45, 2.75) is 84.4 Å². The third kappa shape index (κ3) is 3.91. The second kappa shape index (κ2) is 7.22. The lowest BCUT2D eigenvalue weighted by Crippen LogP contribution is -2.46. The first-order valence-electron chi connectivity index (χ1n) is 9.58. The van der Waals surface area contributed by atoms with E-state index >= 15 is 0 Å². The van der Waals surface area contributed by atoms with Crippen LogP contribution in [-0.4, -0.2) is 28.6 Å². The Morgan fingerprint density at radius 2 is 1.88 bits per heavy atom. The van der Waals surface area contributed by atoms with E-state index in [2.05, 4.69) is 16.8 Å². The van der Waals surface area contributed by atoms with E-state index in [0.717, 1.165) is 30.7 Å². The molecule has 0 radical (unpaired) electrons. The third-order valence-corrected chi connectivity index (χ3v) is 5.71. The maximum absolute atomic E-state index is 12.5. The highest BCUT2D eigenvalue weighted by Crippen LogP contribution is 2.38. The van der Waals surface area contributed by atoms with Crippen LogP contribution in [0.4, 0.5) is 0 Å². The molecule has 2 saturated carbocycles. The van der Waals surface area contributed by atoms with Crippen molar-refractivity contribution in [1.82, 2.24) is 9.88 Å². The highest BCUT2D eigenvalue weighted by atomic mass is 16.5. The van der Waals surface area contributed by atoms with E-state index in [-0.39, 0.29) is 11.9 Å². The molecule has 1 N–H and O–H groups in total. The van der Waals surface area contributed by atoms with Gasteiger partial charge in [0, 0.05) is 23.5 Å². The summed E-state index contributed by atoms with van der Waals surface area (Å²) < 4.78 is 7.67. The van der Waals surface area contributed by atoms with E-state index in [1.807, 2.05) is 19.9 Å². The lowest BCUT2D eigenvalue weighted by molar-refractivity contribution is -0.130. The molecule has 25 heavy (non-hydrogen) atoms. The largest absolute Gasteiger partial charge is 0.449 e. The zero-order valence-electron chi connectivity index (χ0n) is 15.8. The molecule has 3 atom stereocenters. The first-order valence-corrected chi connectivity index (χ1v) is 9.58. The molecule has 0 saturated heterocycles. The minimum Gasteiger partial charge on any atom is -0.449 e. The van der Waals surface area contributed by atoms with Crippen LogP contribution in [-0.2, 0) is 9.53 Å². The first-order chi connectivity index (χ1) is 11.9. The molecule has 2 fully saturated rings. The van der Waals surface area contributed by atoms with Crippen molar-refractivity contribution >= 4 is 11.9 Å². The number of aromatic nitrogens is 1. The van der Waals surface area contributed by atoms with Crippen LogP contribution in [0.25, 0.3) is 0 Å². The fraction of sp³-hybridized carbons (Fsp3) is 0.700. The van der Waals surface area contributed by atoms with Crippen LogP contribution in [0.3, 0.4) is 0 Å². The van der Waals surface area contributed by atoms with Gasteiger partial charge in [-0.1, -0.05) is 19.8 Å². The molecule has 1 aromatic heterocycles. The number of carbonyl (C=O) groups excluding carboxylic acids is 2. The predicted octanol–water partition coefficient (Wildman–Crippen LogP) is 3.68. The monoisotopic (exact) mass is 346 g/mol. The maximum atomic E-state index is 12.5. The zero-order chi connectivity index (χ0) is 18.1. The number of hydrogen-bond donors (Lipinski definition) is 1. The molecular formula is C20H30N2O3. The molecule has 5 heteroatoms. The molecule has 2 aliphatic rings. The van der Waals surface area contributed by atoms with Gasteiger partial charge < -0.3 is 14.6 Å². The second-order valence-electron chi connectivity index (χ2n) is 7.81.